The van der Waals surface area contributed by atoms with E-state index in [2.05, 4.69) is 47.3 Å². The van der Waals surface area contributed by atoms with Gasteiger partial charge in [0.05, 0.1) is 18.1 Å². The van der Waals surface area contributed by atoms with Gasteiger partial charge in [-0.2, -0.15) is 0 Å². The van der Waals surface area contributed by atoms with Gasteiger partial charge in [0.1, 0.15) is 5.82 Å². The molecular formula is C14H17N3. The number of benzene rings is 1. The van der Waals surface area contributed by atoms with Crippen molar-refractivity contribution in [3.8, 4) is 11.3 Å². The van der Waals surface area contributed by atoms with Gasteiger partial charge in [-0.15, -0.1) is 0 Å². The van der Waals surface area contributed by atoms with Gasteiger partial charge in [0.2, 0.25) is 0 Å². The van der Waals surface area contributed by atoms with E-state index in [-0.39, 0.29) is 0 Å². The van der Waals surface area contributed by atoms with E-state index in [1.807, 2.05) is 13.1 Å². The molecule has 0 saturated heterocycles. The van der Waals surface area contributed by atoms with Crippen LogP contribution in [0.15, 0.2) is 30.6 Å². The second kappa shape index (κ2) is 4.95. The van der Waals surface area contributed by atoms with Crippen LogP contribution in [0.3, 0.4) is 0 Å². The fraction of sp³-hybridized carbons (Fsp3) is 0.286. The van der Waals surface area contributed by atoms with Crippen molar-refractivity contribution in [3.05, 3.63) is 41.7 Å². The molecular weight excluding hydrogens is 210 g/mol. The van der Waals surface area contributed by atoms with Crippen LogP contribution in [0.2, 0.25) is 0 Å². The minimum absolute atomic E-state index is 0.825. The minimum atomic E-state index is 0.825. The van der Waals surface area contributed by atoms with Gasteiger partial charge in [-0.05, 0) is 32.4 Å². The zero-order chi connectivity index (χ0) is 12.3. The Morgan fingerprint density at radius 2 is 2.00 bits per heavy atom. The van der Waals surface area contributed by atoms with E-state index in [1.165, 1.54) is 11.1 Å². The topological polar surface area (TPSA) is 37.8 Å². The molecule has 88 valence electrons. The molecule has 2 rings (SSSR count). The van der Waals surface area contributed by atoms with E-state index in [1.54, 1.807) is 6.20 Å². The van der Waals surface area contributed by atoms with Crippen molar-refractivity contribution in [2.75, 3.05) is 11.9 Å². The van der Waals surface area contributed by atoms with Crippen LogP contribution in [0.1, 0.15) is 18.1 Å². The Hall–Kier alpha value is -1.90. The van der Waals surface area contributed by atoms with Gasteiger partial charge in [0.25, 0.3) is 0 Å². The van der Waals surface area contributed by atoms with Gasteiger partial charge in [-0.1, -0.05) is 17.7 Å². The first kappa shape index (κ1) is 11.6. The largest absolute Gasteiger partial charge is 0.369 e. The third-order valence-electron chi connectivity index (χ3n) is 2.66. The normalized spacial score (nSPS) is 10.3. The molecule has 0 amide bonds. The van der Waals surface area contributed by atoms with Crippen molar-refractivity contribution in [1.29, 1.82) is 0 Å². The standard InChI is InChI=1S/C14H17N3/c1-4-16-14-9-15-8-13(17-14)12-7-10(2)5-6-11(12)3/h5-9H,4H2,1-3H3,(H,16,17). The number of nitrogens with zero attached hydrogens (tertiary/aromatic N) is 2. The Morgan fingerprint density at radius 1 is 1.18 bits per heavy atom. The molecule has 0 fully saturated rings. The molecule has 1 heterocycles. The van der Waals surface area contributed by atoms with Crippen LogP contribution < -0.4 is 5.32 Å². The molecule has 0 bridgehead atoms. The fourth-order valence-electron chi connectivity index (χ4n) is 1.77. The monoisotopic (exact) mass is 227 g/mol. The van der Waals surface area contributed by atoms with E-state index in [0.717, 1.165) is 23.6 Å². The Morgan fingerprint density at radius 3 is 2.76 bits per heavy atom. The van der Waals surface area contributed by atoms with E-state index >= 15 is 0 Å². The Balaban J connectivity index is 2.45. The summed E-state index contributed by atoms with van der Waals surface area (Å²) in [6.07, 6.45) is 3.56. The number of hydrogen-bond donors (Lipinski definition) is 1. The zero-order valence-electron chi connectivity index (χ0n) is 10.5. The molecule has 3 heteroatoms. The molecule has 0 unspecified atom stereocenters. The molecule has 2 aromatic rings. The number of nitrogens with one attached hydrogen (secondary N) is 1. The molecule has 0 atom stereocenters. The van der Waals surface area contributed by atoms with Crippen LogP contribution in [-0.2, 0) is 0 Å². The predicted molar refractivity (Wildman–Crippen MR) is 71.1 cm³/mol. The molecule has 17 heavy (non-hydrogen) atoms. The van der Waals surface area contributed by atoms with Gasteiger partial charge >= 0.3 is 0 Å². The minimum Gasteiger partial charge on any atom is -0.369 e. The summed E-state index contributed by atoms with van der Waals surface area (Å²) in [5.74, 6) is 0.825. The lowest BCUT2D eigenvalue weighted by atomic mass is 10.0. The van der Waals surface area contributed by atoms with E-state index in [4.69, 9.17) is 0 Å². The number of rotatable bonds is 3. The highest BCUT2D eigenvalue weighted by Crippen LogP contribution is 2.22. The highest BCUT2D eigenvalue weighted by atomic mass is 15.0. The first-order valence-electron chi connectivity index (χ1n) is 5.84. The molecule has 0 saturated carbocycles. The summed E-state index contributed by atoms with van der Waals surface area (Å²) >= 11 is 0. The van der Waals surface area contributed by atoms with E-state index < -0.39 is 0 Å². The molecule has 3 nitrogen and oxygen atoms in total. The number of anilines is 1. The van der Waals surface area contributed by atoms with Crippen molar-refractivity contribution < 1.29 is 0 Å². The van der Waals surface area contributed by atoms with Crippen LogP contribution >= 0.6 is 0 Å². The average molecular weight is 227 g/mol. The molecule has 1 aromatic carbocycles. The Kier molecular flexibility index (Phi) is 3.38. The van der Waals surface area contributed by atoms with Crippen molar-refractivity contribution >= 4 is 5.82 Å². The number of aromatic nitrogens is 2. The maximum absolute atomic E-state index is 4.56. The second-order valence-electron chi connectivity index (χ2n) is 4.14. The molecule has 0 aliphatic rings. The third-order valence-corrected chi connectivity index (χ3v) is 2.66. The lowest BCUT2D eigenvalue weighted by molar-refractivity contribution is 1.12. The molecule has 0 spiro atoms. The lowest BCUT2D eigenvalue weighted by Crippen LogP contribution is -2.01. The van der Waals surface area contributed by atoms with Gasteiger partial charge in [-0.25, -0.2) is 4.98 Å². The van der Waals surface area contributed by atoms with Crippen LogP contribution in [0.25, 0.3) is 11.3 Å². The first-order valence-corrected chi connectivity index (χ1v) is 5.84. The summed E-state index contributed by atoms with van der Waals surface area (Å²) in [5, 5.41) is 3.18. The quantitative estimate of drug-likeness (QED) is 0.875. The third kappa shape index (κ3) is 2.61. The summed E-state index contributed by atoms with van der Waals surface area (Å²) in [6, 6.07) is 6.38. The van der Waals surface area contributed by atoms with Crippen LogP contribution in [-0.4, -0.2) is 16.5 Å². The van der Waals surface area contributed by atoms with Crippen LogP contribution in [0, 0.1) is 13.8 Å². The van der Waals surface area contributed by atoms with Crippen molar-refractivity contribution in [2.45, 2.75) is 20.8 Å². The molecule has 0 aliphatic heterocycles. The van der Waals surface area contributed by atoms with Gasteiger partial charge in [-0.3, -0.25) is 4.98 Å². The summed E-state index contributed by atoms with van der Waals surface area (Å²) in [6.45, 7) is 7.08. The number of hydrogen-bond acceptors (Lipinski definition) is 3. The van der Waals surface area contributed by atoms with Crippen molar-refractivity contribution in [2.24, 2.45) is 0 Å². The van der Waals surface area contributed by atoms with Gasteiger partial charge < -0.3 is 5.32 Å². The van der Waals surface area contributed by atoms with Crippen molar-refractivity contribution in [3.63, 3.8) is 0 Å². The van der Waals surface area contributed by atoms with E-state index in [0.29, 0.717) is 0 Å². The second-order valence-corrected chi connectivity index (χ2v) is 4.14. The SMILES string of the molecule is CCNc1cncc(-c2cc(C)ccc2C)n1. The summed E-state index contributed by atoms with van der Waals surface area (Å²) < 4.78 is 0. The van der Waals surface area contributed by atoms with Crippen LogP contribution in [0.5, 0.6) is 0 Å². The fourth-order valence-corrected chi connectivity index (χ4v) is 1.77. The van der Waals surface area contributed by atoms with E-state index in [9.17, 15) is 0 Å². The highest BCUT2D eigenvalue weighted by Gasteiger charge is 2.05. The molecule has 1 aromatic heterocycles. The van der Waals surface area contributed by atoms with Gasteiger partial charge in [0.15, 0.2) is 0 Å². The van der Waals surface area contributed by atoms with Crippen molar-refractivity contribution in [1.82, 2.24) is 9.97 Å². The Labute approximate surface area is 102 Å². The first-order chi connectivity index (χ1) is 8.20. The maximum Gasteiger partial charge on any atom is 0.145 e. The smallest absolute Gasteiger partial charge is 0.145 e. The summed E-state index contributed by atoms with van der Waals surface area (Å²) in [4.78, 5) is 8.79. The molecule has 0 radical (unpaired) electrons. The lowest BCUT2D eigenvalue weighted by Gasteiger charge is -2.08. The zero-order valence-corrected chi connectivity index (χ0v) is 10.5. The average Bonchev–Trinajstić information content (AvgIpc) is 2.33. The number of aryl methyl sites for hydroxylation is 2. The molecule has 1 N–H and O–H groups in total. The summed E-state index contributed by atoms with van der Waals surface area (Å²) in [5.41, 5.74) is 4.53. The Bertz CT molecular complexity index is 521. The highest BCUT2D eigenvalue weighted by molar-refractivity contribution is 5.64. The summed E-state index contributed by atoms with van der Waals surface area (Å²) in [7, 11) is 0. The predicted octanol–water partition coefficient (Wildman–Crippen LogP) is 3.19. The van der Waals surface area contributed by atoms with Gasteiger partial charge in [0, 0.05) is 12.1 Å². The maximum atomic E-state index is 4.56. The molecule has 0 aliphatic carbocycles. The van der Waals surface area contributed by atoms with Crippen LogP contribution in [0.4, 0.5) is 5.82 Å².